The molecular weight excluding hydrogens is 186 g/mol. The van der Waals surface area contributed by atoms with Crippen molar-refractivity contribution in [2.75, 3.05) is 0 Å². The fourth-order valence-electron chi connectivity index (χ4n) is 1.86. The summed E-state index contributed by atoms with van der Waals surface area (Å²) in [6, 6.07) is 7.00. The van der Waals surface area contributed by atoms with Crippen molar-refractivity contribution >= 4 is 5.78 Å². The highest BCUT2D eigenvalue weighted by Gasteiger charge is 2.33. The summed E-state index contributed by atoms with van der Waals surface area (Å²) in [5.74, 6) is -1.49. The average molecular weight is 196 g/mol. The quantitative estimate of drug-likeness (QED) is 0.674. The first-order valence-electron chi connectivity index (χ1n) is 4.60. The molecule has 3 heteroatoms. The first-order valence-corrected chi connectivity index (χ1v) is 4.60. The number of aryl methyl sites for hydroxylation is 1. The van der Waals surface area contributed by atoms with Crippen molar-refractivity contribution in [3.63, 3.8) is 0 Å². The fraction of sp³-hybridized carbons (Fsp3) is 0.364. The molecule has 0 spiro atoms. The second kappa shape index (κ2) is 3.48. The molecule has 0 heterocycles. The van der Waals surface area contributed by atoms with E-state index < -0.39 is 18.1 Å². The van der Waals surface area contributed by atoms with E-state index in [9.17, 15) is 13.6 Å². The maximum absolute atomic E-state index is 12.4. The lowest BCUT2D eigenvalue weighted by Gasteiger charge is -2.22. The topological polar surface area (TPSA) is 17.1 Å². The zero-order valence-corrected chi connectivity index (χ0v) is 7.54. The van der Waals surface area contributed by atoms with Crippen LogP contribution in [0.1, 0.15) is 22.3 Å². The molecule has 0 radical (unpaired) electrons. The third-order valence-electron chi connectivity index (χ3n) is 2.65. The van der Waals surface area contributed by atoms with Crippen LogP contribution in [0.3, 0.4) is 0 Å². The van der Waals surface area contributed by atoms with Crippen LogP contribution in [0.4, 0.5) is 8.78 Å². The van der Waals surface area contributed by atoms with E-state index in [1.54, 1.807) is 12.1 Å². The van der Waals surface area contributed by atoms with Gasteiger partial charge in [0.05, 0.1) is 5.92 Å². The molecule has 1 aromatic rings. The zero-order chi connectivity index (χ0) is 10.1. The van der Waals surface area contributed by atoms with E-state index in [1.807, 2.05) is 12.1 Å². The van der Waals surface area contributed by atoms with Crippen LogP contribution in [-0.2, 0) is 6.42 Å². The molecule has 1 aliphatic rings. The van der Waals surface area contributed by atoms with Gasteiger partial charge >= 0.3 is 0 Å². The number of benzene rings is 1. The second-order valence-electron chi connectivity index (χ2n) is 3.50. The highest BCUT2D eigenvalue weighted by Crippen LogP contribution is 2.29. The number of carbonyl (C=O) groups is 1. The van der Waals surface area contributed by atoms with Crippen LogP contribution in [-0.4, -0.2) is 12.2 Å². The number of fused-ring (bicyclic) bond motifs is 1. The number of Topliss-reactive ketones (excluding diaryl/α,β-unsaturated/α-hetero) is 1. The largest absolute Gasteiger partial charge is 0.294 e. The maximum Gasteiger partial charge on any atom is 0.248 e. The molecule has 1 aliphatic carbocycles. The van der Waals surface area contributed by atoms with Crippen LogP contribution in [0.25, 0.3) is 0 Å². The van der Waals surface area contributed by atoms with Crippen LogP contribution in [0.15, 0.2) is 24.3 Å². The van der Waals surface area contributed by atoms with Gasteiger partial charge in [-0.2, -0.15) is 0 Å². The summed E-state index contributed by atoms with van der Waals surface area (Å²) in [5.41, 5.74) is 1.37. The molecule has 0 bridgehead atoms. The van der Waals surface area contributed by atoms with E-state index in [4.69, 9.17) is 0 Å². The molecule has 1 atom stereocenters. The summed E-state index contributed by atoms with van der Waals surface area (Å²) < 4.78 is 24.9. The fourth-order valence-corrected chi connectivity index (χ4v) is 1.86. The van der Waals surface area contributed by atoms with E-state index in [2.05, 4.69) is 0 Å². The van der Waals surface area contributed by atoms with Gasteiger partial charge in [0, 0.05) is 5.56 Å². The minimum absolute atomic E-state index is 0.271. The molecule has 14 heavy (non-hydrogen) atoms. The Morgan fingerprint density at radius 1 is 1.29 bits per heavy atom. The van der Waals surface area contributed by atoms with Gasteiger partial charge in [-0.15, -0.1) is 0 Å². The molecule has 1 nitrogen and oxygen atoms in total. The summed E-state index contributed by atoms with van der Waals surface area (Å²) in [5, 5.41) is 0. The summed E-state index contributed by atoms with van der Waals surface area (Å²) in [7, 11) is 0. The van der Waals surface area contributed by atoms with Crippen molar-refractivity contribution in [3.05, 3.63) is 35.4 Å². The molecule has 74 valence electrons. The van der Waals surface area contributed by atoms with Crippen LogP contribution in [0, 0.1) is 5.92 Å². The SMILES string of the molecule is O=C1c2ccccc2CCC1C(F)F. The van der Waals surface area contributed by atoms with Crippen LogP contribution in [0.2, 0.25) is 0 Å². The molecule has 0 aliphatic heterocycles. The zero-order valence-electron chi connectivity index (χ0n) is 7.54. The second-order valence-corrected chi connectivity index (χ2v) is 3.50. The number of ketones is 1. The van der Waals surface area contributed by atoms with Gasteiger partial charge < -0.3 is 0 Å². The van der Waals surface area contributed by atoms with Crippen LogP contribution >= 0.6 is 0 Å². The first-order chi connectivity index (χ1) is 6.70. The van der Waals surface area contributed by atoms with E-state index in [1.165, 1.54) is 0 Å². The van der Waals surface area contributed by atoms with Gasteiger partial charge in [-0.3, -0.25) is 4.79 Å². The van der Waals surface area contributed by atoms with Gasteiger partial charge in [-0.1, -0.05) is 24.3 Å². The number of hydrogen-bond acceptors (Lipinski definition) is 1. The Balaban J connectivity index is 2.37. The predicted molar refractivity (Wildman–Crippen MR) is 48.6 cm³/mol. The van der Waals surface area contributed by atoms with Crippen molar-refractivity contribution in [1.82, 2.24) is 0 Å². The number of alkyl halides is 2. The molecule has 0 amide bonds. The standard InChI is InChI=1S/C11H10F2O/c12-11(13)9-6-5-7-3-1-2-4-8(7)10(9)14/h1-4,9,11H,5-6H2. The Hall–Kier alpha value is -1.25. The van der Waals surface area contributed by atoms with Gasteiger partial charge in [-0.05, 0) is 18.4 Å². The third-order valence-corrected chi connectivity index (χ3v) is 2.65. The van der Waals surface area contributed by atoms with Crippen molar-refractivity contribution in [1.29, 1.82) is 0 Å². The average Bonchev–Trinajstić information content (AvgIpc) is 2.18. The van der Waals surface area contributed by atoms with Crippen molar-refractivity contribution in [2.45, 2.75) is 19.3 Å². The van der Waals surface area contributed by atoms with Gasteiger partial charge in [0.1, 0.15) is 0 Å². The van der Waals surface area contributed by atoms with Crippen molar-refractivity contribution in [3.8, 4) is 0 Å². The normalized spacial score (nSPS) is 21.1. The van der Waals surface area contributed by atoms with Gasteiger partial charge in [0.25, 0.3) is 0 Å². The molecule has 2 rings (SSSR count). The Kier molecular flexibility index (Phi) is 2.32. The van der Waals surface area contributed by atoms with Crippen LogP contribution < -0.4 is 0 Å². The lowest BCUT2D eigenvalue weighted by molar-refractivity contribution is 0.0517. The smallest absolute Gasteiger partial charge is 0.248 e. The Morgan fingerprint density at radius 3 is 2.71 bits per heavy atom. The minimum Gasteiger partial charge on any atom is -0.294 e. The number of carbonyl (C=O) groups excluding carboxylic acids is 1. The molecule has 1 aromatic carbocycles. The van der Waals surface area contributed by atoms with Gasteiger partial charge in [0.2, 0.25) is 6.43 Å². The number of rotatable bonds is 1. The van der Waals surface area contributed by atoms with Crippen molar-refractivity contribution in [2.24, 2.45) is 5.92 Å². The molecule has 0 saturated carbocycles. The third kappa shape index (κ3) is 1.43. The van der Waals surface area contributed by atoms with E-state index in [0.29, 0.717) is 12.0 Å². The predicted octanol–water partition coefficient (Wildman–Crippen LogP) is 2.70. The highest BCUT2D eigenvalue weighted by molar-refractivity contribution is 6.00. The van der Waals surface area contributed by atoms with E-state index >= 15 is 0 Å². The highest BCUT2D eigenvalue weighted by atomic mass is 19.3. The lowest BCUT2D eigenvalue weighted by Crippen LogP contribution is -2.28. The molecule has 1 unspecified atom stereocenters. The molecule has 0 saturated heterocycles. The molecular formula is C11H10F2O. The first kappa shape index (κ1) is 9.31. The Morgan fingerprint density at radius 2 is 2.00 bits per heavy atom. The summed E-state index contributed by atoms with van der Waals surface area (Å²) >= 11 is 0. The molecule has 0 fully saturated rings. The Labute approximate surface area is 80.7 Å². The van der Waals surface area contributed by atoms with Crippen LogP contribution in [0.5, 0.6) is 0 Å². The minimum atomic E-state index is -2.53. The number of halogens is 2. The lowest BCUT2D eigenvalue weighted by atomic mass is 9.83. The summed E-state index contributed by atoms with van der Waals surface area (Å²) in [4.78, 5) is 11.6. The number of hydrogen-bond donors (Lipinski definition) is 0. The van der Waals surface area contributed by atoms with E-state index in [-0.39, 0.29) is 6.42 Å². The maximum atomic E-state index is 12.4. The molecule has 0 aromatic heterocycles. The van der Waals surface area contributed by atoms with Gasteiger partial charge in [-0.25, -0.2) is 8.78 Å². The summed E-state index contributed by atoms with van der Waals surface area (Å²) in [6.45, 7) is 0. The monoisotopic (exact) mass is 196 g/mol. The Bertz CT molecular complexity index is 360. The molecule has 0 N–H and O–H groups in total. The summed E-state index contributed by atoms with van der Waals surface area (Å²) in [6.07, 6.45) is -1.68. The van der Waals surface area contributed by atoms with Gasteiger partial charge in [0.15, 0.2) is 5.78 Å². The van der Waals surface area contributed by atoms with E-state index in [0.717, 1.165) is 5.56 Å². The van der Waals surface area contributed by atoms with Crippen molar-refractivity contribution < 1.29 is 13.6 Å².